The van der Waals surface area contributed by atoms with Gasteiger partial charge in [0.15, 0.2) is 0 Å². The molecule has 0 aliphatic heterocycles. The summed E-state index contributed by atoms with van der Waals surface area (Å²) >= 11 is 0. The molecule has 0 N–H and O–H groups in total. The molecule has 0 aliphatic rings. The first kappa shape index (κ1) is 78.0. The monoisotopic (exact) mass is 1530 g/mol. The van der Waals surface area contributed by atoms with Crippen LogP contribution in [0.3, 0.4) is 0 Å². The van der Waals surface area contributed by atoms with Crippen LogP contribution in [0.5, 0.6) is 0 Å². The smallest absolute Gasteiger partial charge is 0.0547 e. The lowest BCUT2D eigenvalue weighted by Gasteiger charge is -2.31. The molecule has 0 spiro atoms. The van der Waals surface area contributed by atoms with Crippen molar-refractivity contribution in [1.29, 1.82) is 0 Å². The number of fused-ring (bicyclic) bond motifs is 12. The maximum atomic E-state index is 2.49. The van der Waals surface area contributed by atoms with Crippen LogP contribution in [-0.2, 0) is 32.5 Å². The molecule has 0 radical (unpaired) electrons. The highest BCUT2D eigenvalue weighted by Crippen LogP contribution is 2.52. The Labute approximate surface area is 698 Å². The summed E-state index contributed by atoms with van der Waals surface area (Å²) in [4.78, 5) is 0. The van der Waals surface area contributed by atoms with E-state index in [-0.39, 0.29) is 32.5 Å². The molecule has 19 aromatic rings. The maximum absolute atomic E-state index is 2.49. The Morgan fingerprint density at radius 2 is 0.475 bits per heavy atom. The molecule has 586 valence electrons. The van der Waals surface area contributed by atoms with Crippen molar-refractivity contribution in [3.05, 3.63) is 373 Å². The molecule has 0 unspecified atom stereocenters. The molecule has 118 heavy (non-hydrogen) atoms. The fourth-order valence-corrected chi connectivity index (χ4v) is 18.8. The summed E-state index contributed by atoms with van der Waals surface area (Å²) in [5, 5.41) is 10.6. The van der Waals surface area contributed by atoms with Gasteiger partial charge >= 0.3 is 0 Å². The zero-order valence-electron chi connectivity index (χ0n) is 72.1. The maximum Gasteiger partial charge on any atom is 0.0547 e. The molecule has 0 saturated heterocycles. The third kappa shape index (κ3) is 14.0. The third-order valence-corrected chi connectivity index (χ3v) is 24.0. The van der Waals surface area contributed by atoms with Crippen molar-refractivity contribution in [1.82, 2.24) is 18.3 Å². The van der Waals surface area contributed by atoms with Gasteiger partial charge in [0.1, 0.15) is 0 Å². The van der Waals surface area contributed by atoms with E-state index in [4.69, 9.17) is 0 Å². The summed E-state index contributed by atoms with van der Waals surface area (Å²) in [7, 11) is 0. The van der Waals surface area contributed by atoms with Crippen molar-refractivity contribution in [3.63, 3.8) is 0 Å². The SMILES string of the molecule is CC(C)(C)c1c(-n2c3ccccc3c3ccccc32)ccc2c1c1c(-c3ccccc3)cccc1n2-c1ccccc1.CC(C)(C)c1cc(-c2ccc3c(c2C(C)(C)C)c2c(-c4ccccc4)cccc2n3-c2ccccc2)cc(C(C)(C)C)c1.CC(C)(C)c1ccc2c(c1C(C)(C)C)c1c(-c3ccccc3)cccc1n2-c1ccccc1. The molecule has 0 atom stereocenters. The van der Waals surface area contributed by atoms with Crippen LogP contribution >= 0.6 is 0 Å². The lowest BCUT2D eigenvalue weighted by molar-refractivity contribution is 0.535. The van der Waals surface area contributed by atoms with Crippen molar-refractivity contribution < 1.29 is 0 Å². The fourth-order valence-electron chi connectivity index (χ4n) is 18.8. The molecule has 0 bridgehead atoms. The van der Waals surface area contributed by atoms with Crippen LogP contribution in [0.4, 0.5) is 0 Å². The number of nitrogens with zero attached hydrogens (tertiary/aromatic N) is 4. The van der Waals surface area contributed by atoms with Gasteiger partial charge < -0.3 is 18.3 Å². The Balaban J connectivity index is 0.000000128. The van der Waals surface area contributed by atoms with Gasteiger partial charge in [0.2, 0.25) is 0 Å². The summed E-state index contributed by atoms with van der Waals surface area (Å²) in [5.74, 6) is 0. The van der Waals surface area contributed by atoms with Gasteiger partial charge in [-0.1, -0.05) is 373 Å². The van der Waals surface area contributed by atoms with Crippen molar-refractivity contribution in [3.8, 4) is 67.3 Å². The standard InChI is InChI=1S/C42H45N.C40H32N2.C32H33N/c1-40(2,3)30-25-29(26-31(27-30)41(4,5)6)34-23-24-36-38(39(34)42(7,8)9)37-33(28-17-12-10-13-18-28)21-16-22-35(37)43(36)32-19-14-11-15-20-32;1-40(2,3)39-36(42-32-22-12-10-19-30(32)31-20-11-13-23-33(31)42)26-25-35-38(39)37-29(27-15-6-4-7-16-27)21-14-24-34(37)41(35)28-17-8-5-9-18-28;1-31(2,3)25-20-21-27-29(30(25)32(4,5)6)28-24(22-14-9-7-10-15-22)18-13-19-26(28)33(27)23-16-11-8-12-17-23/h10-27H,1-9H3;4-26H,1-3H3;7-21H,1-6H3. The van der Waals surface area contributed by atoms with Crippen molar-refractivity contribution in [2.24, 2.45) is 0 Å². The molecule has 19 rings (SSSR count). The minimum atomic E-state index is -0.138. The van der Waals surface area contributed by atoms with E-state index in [0.29, 0.717) is 0 Å². The first-order valence-electron chi connectivity index (χ1n) is 42.2. The average molecular weight is 1540 g/mol. The fraction of sp³-hybridized carbons (Fsp3) is 0.211. The Morgan fingerprint density at radius 3 is 0.822 bits per heavy atom. The quantitative estimate of drug-likeness (QED) is 0.144. The molecule has 15 aromatic carbocycles. The highest BCUT2D eigenvalue weighted by Gasteiger charge is 2.34. The molecule has 4 aromatic heterocycles. The van der Waals surface area contributed by atoms with Crippen LogP contribution in [0.25, 0.3) is 154 Å². The number of hydrogen-bond acceptors (Lipinski definition) is 0. The van der Waals surface area contributed by atoms with Gasteiger partial charge in [0.25, 0.3) is 0 Å². The van der Waals surface area contributed by atoms with E-state index in [2.05, 4.69) is 483 Å². The highest BCUT2D eigenvalue weighted by molar-refractivity contribution is 6.21. The zero-order chi connectivity index (χ0) is 82.5. The van der Waals surface area contributed by atoms with E-state index >= 15 is 0 Å². The van der Waals surface area contributed by atoms with Gasteiger partial charge in [0, 0.05) is 60.2 Å². The van der Waals surface area contributed by atoms with Crippen molar-refractivity contribution in [2.45, 2.75) is 157 Å². The predicted molar refractivity (Wildman–Crippen MR) is 511 cm³/mol. The Kier molecular flexibility index (Phi) is 19.8. The molecule has 0 fully saturated rings. The van der Waals surface area contributed by atoms with Gasteiger partial charge in [-0.15, -0.1) is 0 Å². The number of aromatic nitrogens is 4. The van der Waals surface area contributed by atoms with Crippen molar-refractivity contribution in [2.75, 3.05) is 0 Å². The summed E-state index contributed by atoms with van der Waals surface area (Å²) in [6.07, 6.45) is 0. The highest BCUT2D eigenvalue weighted by atomic mass is 15.0. The molecular formula is C114H110N4. The number of benzene rings is 15. The van der Waals surface area contributed by atoms with Gasteiger partial charge in [-0.3, -0.25) is 0 Å². The predicted octanol–water partition coefficient (Wildman–Crippen LogP) is 31.9. The lowest BCUT2D eigenvalue weighted by Crippen LogP contribution is -2.22. The molecule has 4 heteroatoms. The van der Waals surface area contributed by atoms with E-state index < -0.39 is 0 Å². The molecule has 0 saturated carbocycles. The van der Waals surface area contributed by atoms with E-state index in [9.17, 15) is 0 Å². The number of rotatable bonds is 8. The second kappa shape index (κ2) is 29.9. The van der Waals surface area contributed by atoms with Crippen LogP contribution in [0, 0.1) is 0 Å². The molecule has 4 heterocycles. The minimum absolute atomic E-state index is 0.00171. The van der Waals surface area contributed by atoms with Crippen LogP contribution in [0.15, 0.2) is 340 Å². The van der Waals surface area contributed by atoms with E-state index in [1.165, 1.54) is 188 Å². The normalized spacial score (nSPS) is 12.5. The second-order valence-corrected chi connectivity index (χ2v) is 38.5. The number of para-hydroxylation sites is 5. The van der Waals surface area contributed by atoms with Gasteiger partial charge in [-0.2, -0.15) is 0 Å². The van der Waals surface area contributed by atoms with Crippen LogP contribution < -0.4 is 0 Å². The summed E-state index contributed by atoms with van der Waals surface area (Å²) < 4.78 is 9.84. The lowest BCUT2D eigenvalue weighted by atomic mass is 9.73. The Bertz CT molecular complexity index is 6880. The average Bonchev–Trinajstić information content (AvgIpc) is 1.56. The van der Waals surface area contributed by atoms with E-state index in [1.807, 2.05) is 0 Å². The Hall–Kier alpha value is -12.5. The molecule has 0 aliphatic carbocycles. The number of hydrogen-bond donors (Lipinski definition) is 0. The zero-order valence-corrected chi connectivity index (χ0v) is 72.1. The first-order valence-corrected chi connectivity index (χ1v) is 42.2. The Morgan fingerprint density at radius 1 is 0.178 bits per heavy atom. The molecular weight excluding hydrogens is 1430 g/mol. The molecule has 4 nitrogen and oxygen atoms in total. The van der Waals surface area contributed by atoms with Crippen molar-refractivity contribution >= 4 is 87.2 Å². The van der Waals surface area contributed by atoms with E-state index in [0.717, 1.165) is 0 Å². The first-order chi connectivity index (χ1) is 56.4. The minimum Gasteiger partial charge on any atom is -0.309 e. The van der Waals surface area contributed by atoms with Crippen LogP contribution in [0.2, 0.25) is 0 Å². The van der Waals surface area contributed by atoms with Gasteiger partial charge in [-0.25, -0.2) is 0 Å². The van der Waals surface area contributed by atoms with Gasteiger partial charge in [-0.05, 0) is 201 Å². The largest absolute Gasteiger partial charge is 0.309 e. The summed E-state index contributed by atoms with van der Waals surface area (Å²) in [5.41, 5.74) is 33.3. The topological polar surface area (TPSA) is 19.7 Å². The van der Waals surface area contributed by atoms with Crippen LogP contribution in [-0.4, -0.2) is 18.3 Å². The second-order valence-electron chi connectivity index (χ2n) is 38.5. The van der Waals surface area contributed by atoms with E-state index in [1.54, 1.807) is 0 Å². The van der Waals surface area contributed by atoms with Crippen LogP contribution in [0.1, 0.15) is 158 Å². The summed E-state index contributed by atoms with van der Waals surface area (Å²) in [6.45, 7) is 42.2. The third-order valence-electron chi connectivity index (χ3n) is 24.0. The van der Waals surface area contributed by atoms with Gasteiger partial charge in [0.05, 0.1) is 49.8 Å². The molecule has 0 amide bonds. The summed E-state index contributed by atoms with van der Waals surface area (Å²) in [6, 6.07) is 124.